The van der Waals surface area contributed by atoms with Crippen molar-refractivity contribution in [3.8, 4) is 5.82 Å². The predicted octanol–water partition coefficient (Wildman–Crippen LogP) is 4.46. The Balaban J connectivity index is 2.07. The molecule has 3 rings (SSSR count). The Morgan fingerprint density at radius 3 is 2.55 bits per heavy atom. The number of amides is 3. The summed E-state index contributed by atoms with van der Waals surface area (Å²) in [5.41, 5.74) is 3.20. The van der Waals surface area contributed by atoms with Crippen LogP contribution in [0, 0.1) is 13.8 Å². The van der Waals surface area contributed by atoms with Crippen molar-refractivity contribution in [2.24, 2.45) is 0 Å². The van der Waals surface area contributed by atoms with Gasteiger partial charge in [0.05, 0.1) is 16.3 Å². The average Bonchev–Trinajstić information content (AvgIpc) is 3.14. The van der Waals surface area contributed by atoms with Crippen LogP contribution in [0.3, 0.4) is 0 Å². The molecule has 0 aliphatic carbocycles. The number of nitrogens with zero attached hydrogens (tertiary/aromatic N) is 4. The Labute approximate surface area is 206 Å². The first-order chi connectivity index (χ1) is 15.5. The molecule has 2 aromatic heterocycles. The van der Waals surface area contributed by atoms with E-state index in [1.165, 1.54) is 30.1 Å². The van der Waals surface area contributed by atoms with Crippen molar-refractivity contribution in [2.45, 2.75) is 13.8 Å². The molecule has 0 spiro atoms. The summed E-state index contributed by atoms with van der Waals surface area (Å²) in [4.78, 5) is 41.3. The molecule has 33 heavy (non-hydrogen) atoms. The zero-order valence-electron chi connectivity index (χ0n) is 17.5. The molecule has 0 saturated heterocycles. The lowest BCUT2D eigenvalue weighted by Gasteiger charge is -2.21. The summed E-state index contributed by atoms with van der Waals surface area (Å²) in [6, 6.07) is 6.18. The highest BCUT2D eigenvalue weighted by Gasteiger charge is 2.25. The first kappa shape index (κ1) is 24.5. The lowest BCUT2D eigenvalue weighted by atomic mass is 10.0. The summed E-state index contributed by atoms with van der Waals surface area (Å²) >= 11 is 15.8. The molecule has 0 atom stereocenters. The van der Waals surface area contributed by atoms with Gasteiger partial charge in [0.25, 0.3) is 11.8 Å². The second-order valence-electron chi connectivity index (χ2n) is 6.86. The van der Waals surface area contributed by atoms with Crippen LogP contribution in [0.2, 0.25) is 10.0 Å². The van der Waals surface area contributed by atoms with Crippen molar-refractivity contribution in [2.75, 3.05) is 12.4 Å². The highest BCUT2D eigenvalue weighted by Crippen LogP contribution is 2.32. The zero-order valence-corrected chi connectivity index (χ0v) is 20.6. The number of rotatable bonds is 4. The van der Waals surface area contributed by atoms with Gasteiger partial charge in [-0.25, -0.2) is 19.9 Å². The number of nitrogens with one attached hydrogen (secondary N) is 2. The molecule has 2 heterocycles. The monoisotopic (exact) mass is 554 g/mol. The van der Waals surface area contributed by atoms with Crippen LogP contribution in [0.15, 0.2) is 35.1 Å². The third kappa shape index (κ3) is 5.10. The molecule has 0 aliphatic rings. The Morgan fingerprint density at radius 2 is 1.91 bits per heavy atom. The standard InChI is InChI=1S/C20H17BrCl2N6O4/c1-9-7-11(19(31)28(3)27-20(32)33)16(10(2)15(9)23)25-18(30)13-8-14(21)26-29(13)17-12(22)5-4-6-24-17/h4-8,27H,1-3H3,(H,25,30)(H,32,33). The molecular formula is C20H17BrCl2N6O4. The number of carbonyl (C=O) groups excluding carboxylic acids is 2. The number of pyridine rings is 1. The zero-order chi connectivity index (χ0) is 24.4. The van der Waals surface area contributed by atoms with Gasteiger partial charge in [-0.1, -0.05) is 23.2 Å². The fourth-order valence-corrected chi connectivity index (χ4v) is 3.78. The maximum absolute atomic E-state index is 13.3. The number of hydrazine groups is 1. The van der Waals surface area contributed by atoms with Crippen LogP contribution < -0.4 is 10.7 Å². The van der Waals surface area contributed by atoms with E-state index in [0.29, 0.717) is 20.8 Å². The third-order valence-corrected chi connectivity index (χ3v) is 5.83. The van der Waals surface area contributed by atoms with E-state index in [1.807, 2.05) is 5.43 Å². The minimum absolute atomic E-state index is 0.0417. The molecule has 10 nitrogen and oxygen atoms in total. The molecule has 0 fully saturated rings. The Hall–Kier alpha value is -3.15. The summed E-state index contributed by atoms with van der Waals surface area (Å²) < 4.78 is 1.61. The van der Waals surface area contributed by atoms with Crippen molar-refractivity contribution < 1.29 is 19.5 Å². The van der Waals surface area contributed by atoms with Gasteiger partial charge in [-0.2, -0.15) is 5.10 Å². The maximum atomic E-state index is 13.3. The van der Waals surface area contributed by atoms with Crippen LogP contribution in [0.4, 0.5) is 10.5 Å². The number of carboxylic acid groups (broad SMARTS) is 1. The van der Waals surface area contributed by atoms with Crippen molar-refractivity contribution in [1.29, 1.82) is 0 Å². The van der Waals surface area contributed by atoms with E-state index in [2.05, 4.69) is 31.3 Å². The second-order valence-corrected chi connectivity index (χ2v) is 8.46. The fourth-order valence-electron chi connectivity index (χ4n) is 3.05. The number of halogens is 3. The van der Waals surface area contributed by atoms with E-state index in [9.17, 15) is 14.4 Å². The summed E-state index contributed by atoms with van der Waals surface area (Å²) in [7, 11) is 1.25. The SMILES string of the molecule is Cc1cc(C(=O)N(C)NC(=O)O)c(NC(=O)c2cc(Br)nn2-c2ncccc2Cl)c(C)c1Cl. The van der Waals surface area contributed by atoms with Crippen LogP contribution >= 0.6 is 39.1 Å². The maximum Gasteiger partial charge on any atom is 0.423 e. The van der Waals surface area contributed by atoms with Gasteiger partial charge in [-0.3, -0.25) is 14.6 Å². The van der Waals surface area contributed by atoms with Gasteiger partial charge in [-0.05, 0) is 59.1 Å². The molecule has 0 saturated carbocycles. The van der Waals surface area contributed by atoms with Gasteiger partial charge in [0.1, 0.15) is 10.3 Å². The Bertz CT molecular complexity index is 1280. The summed E-state index contributed by atoms with van der Waals surface area (Å²) in [5.74, 6) is -1.09. The molecule has 0 aliphatic heterocycles. The number of benzene rings is 1. The van der Waals surface area contributed by atoms with Gasteiger partial charge in [0, 0.05) is 24.3 Å². The molecule has 13 heteroatoms. The largest absolute Gasteiger partial charge is 0.464 e. The highest BCUT2D eigenvalue weighted by molar-refractivity contribution is 9.10. The van der Waals surface area contributed by atoms with Crippen LogP contribution in [-0.2, 0) is 0 Å². The van der Waals surface area contributed by atoms with E-state index in [4.69, 9.17) is 28.3 Å². The Morgan fingerprint density at radius 1 is 1.21 bits per heavy atom. The van der Waals surface area contributed by atoms with Crippen LogP contribution in [-0.4, -0.2) is 49.8 Å². The van der Waals surface area contributed by atoms with E-state index >= 15 is 0 Å². The highest BCUT2D eigenvalue weighted by atomic mass is 79.9. The molecule has 3 aromatic rings. The van der Waals surface area contributed by atoms with E-state index in [1.54, 1.807) is 26.0 Å². The average molecular weight is 556 g/mol. The van der Waals surface area contributed by atoms with Gasteiger partial charge < -0.3 is 10.4 Å². The Kier molecular flexibility index (Phi) is 7.25. The first-order valence-electron chi connectivity index (χ1n) is 9.26. The number of hydrogen-bond acceptors (Lipinski definition) is 5. The van der Waals surface area contributed by atoms with Gasteiger partial charge in [0.2, 0.25) is 0 Å². The first-order valence-corrected chi connectivity index (χ1v) is 10.8. The van der Waals surface area contributed by atoms with E-state index in [0.717, 1.165) is 5.01 Å². The quantitative estimate of drug-likeness (QED) is 0.407. The van der Waals surface area contributed by atoms with Crippen molar-refractivity contribution in [1.82, 2.24) is 25.2 Å². The number of anilines is 1. The van der Waals surface area contributed by atoms with Crippen molar-refractivity contribution in [3.05, 3.63) is 67.5 Å². The van der Waals surface area contributed by atoms with Crippen LogP contribution in [0.25, 0.3) is 5.82 Å². The molecule has 172 valence electrons. The van der Waals surface area contributed by atoms with Crippen molar-refractivity contribution >= 4 is 62.7 Å². The minimum atomic E-state index is -1.42. The van der Waals surface area contributed by atoms with Gasteiger partial charge in [-0.15, -0.1) is 0 Å². The van der Waals surface area contributed by atoms with Crippen LogP contribution in [0.1, 0.15) is 32.0 Å². The summed E-state index contributed by atoms with van der Waals surface area (Å²) in [6.07, 6.45) is 0.0876. The van der Waals surface area contributed by atoms with Crippen LogP contribution in [0.5, 0.6) is 0 Å². The lowest BCUT2D eigenvalue weighted by molar-refractivity contribution is 0.0706. The van der Waals surface area contributed by atoms with E-state index < -0.39 is 17.9 Å². The predicted molar refractivity (Wildman–Crippen MR) is 126 cm³/mol. The van der Waals surface area contributed by atoms with Gasteiger partial charge in [0.15, 0.2) is 5.82 Å². The second kappa shape index (κ2) is 9.77. The van der Waals surface area contributed by atoms with Gasteiger partial charge >= 0.3 is 6.09 Å². The molecular weight excluding hydrogens is 539 g/mol. The minimum Gasteiger partial charge on any atom is -0.464 e. The molecule has 1 aromatic carbocycles. The fraction of sp³-hybridized carbons (Fsp3) is 0.150. The molecule has 3 N–H and O–H groups in total. The molecule has 0 radical (unpaired) electrons. The lowest BCUT2D eigenvalue weighted by Crippen LogP contribution is -2.43. The van der Waals surface area contributed by atoms with Crippen molar-refractivity contribution in [3.63, 3.8) is 0 Å². The molecule has 0 unspecified atom stereocenters. The summed E-state index contributed by atoms with van der Waals surface area (Å²) in [6.45, 7) is 3.33. The topological polar surface area (TPSA) is 129 Å². The third-order valence-electron chi connectivity index (χ3n) is 4.57. The number of aromatic nitrogens is 3. The van der Waals surface area contributed by atoms with E-state index in [-0.39, 0.29) is 27.8 Å². The smallest absolute Gasteiger partial charge is 0.423 e. The number of aryl methyl sites for hydroxylation is 1. The molecule has 0 bridgehead atoms. The number of carbonyl (C=O) groups is 3. The number of hydrogen-bond donors (Lipinski definition) is 3. The summed E-state index contributed by atoms with van der Waals surface area (Å²) in [5, 5.41) is 17.3. The molecule has 3 amide bonds. The normalized spacial score (nSPS) is 10.6.